The van der Waals surface area contributed by atoms with Crippen molar-refractivity contribution in [2.75, 3.05) is 11.1 Å². The Labute approximate surface area is 189 Å². The second-order valence-electron chi connectivity index (χ2n) is 7.27. The number of fused-ring (bicyclic) bond motifs is 1. The summed E-state index contributed by atoms with van der Waals surface area (Å²) in [5, 5.41) is 3.65. The van der Waals surface area contributed by atoms with Crippen molar-refractivity contribution in [3.05, 3.63) is 83.9 Å². The van der Waals surface area contributed by atoms with Crippen molar-refractivity contribution in [3.63, 3.8) is 0 Å². The van der Waals surface area contributed by atoms with Gasteiger partial charge in [-0.2, -0.15) is 4.98 Å². The number of halogens is 1. The van der Waals surface area contributed by atoms with Gasteiger partial charge in [-0.1, -0.05) is 48.0 Å². The lowest BCUT2D eigenvalue weighted by Crippen LogP contribution is -2.10. The molecule has 5 aromatic rings. The Hall–Kier alpha value is -4.04. The predicted octanol–water partition coefficient (Wildman–Crippen LogP) is 4.68. The largest absolute Gasteiger partial charge is 0.368 e. The Morgan fingerprint density at radius 2 is 1.81 bits per heavy atom. The van der Waals surface area contributed by atoms with Gasteiger partial charge in [0, 0.05) is 17.8 Å². The van der Waals surface area contributed by atoms with E-state index in [1.807, 2.05) is 47.0 Å². The van der Waals surface area contributed by atoms with Gasteiger partial charge < -0.3 is 11.1 Å². The standard InChI is InChI=1S/C23H19ClN8/c1-14(15-5-3-2-4-6-15)28-23-26-10-9-21(31-23)32-13-27-18-11-16(7-8-19(18)32)17-12-20(24)30-22(25)29-17/h2-14H,1H3,(H2,25,29,30)(H,26,28,31)/t14-/m0/s1. The maximum atomic E-state index is 6.02. The van der Waals surface area contributed by atoms with Crippen LogP contribution in [0.3, 0.4) is 0 Å². The summed E-state index contributed by atoms with van der Waals surface area (Å²) in [6.07, 6.45) is 3.47. The van der Waals surface area contributed by atoms with Gasteiger partial charge in [-0.15, -0.1) is 0 Å². The Morgan fingerprint density at radius 3 is 2.62 bits per heavy atom. The van der Waals surface area contributed by atoms with Gasteiger partial charge in [-0.3, -0.25) is 4.57 Å². The van der Waals surface area contributed by atoms with Crippen LogP contribution in [0.15, 0.2) is 73.2 Å². The van der Waals surface area contributed by atoms with Crippen LogP contribution in [0.1, 0.15) is 18.5 Å². The fourth-order valence-electron chi connectivity index (χ4n) is 3.51. The molecule has 2 aromatic carbocycles. The summed E-state index contributed by atoms with van der Waals surface area (Å²) < 4.78 is 1.92. The highest BCUT2D eigenvalue weighted by Crippen LogP contribution is 2.26. The molecule has 0 spiro atoms. The molecular weight excluding hydrogens is 424 g/mol. The summed E-state index contributed by atoms with van der Waals surface area (Å²) in [7, 11) is 0. The minimum absolute atomic E-state index is 0.0701. The van der Waals surface area contributed by atoms with Crippen molar-refractivity contribution in [3.8, 4) is 17.1 Å². The van der Waals surface area contributed by atoms with E-state index in [0.717, 1.165) is 22.2 Å². The molecule has 0 saturated carbocycles. The fraction of sp³-hybridized carbons (Fsp3) is 0.0870. The number of nitrogens with one attached hydrogen (secondary N) is 1. The Morgan fingerprint density at radius 1 is 0.969 bits per heavy atom. The molecule has 8 nitrogen and oxygen atoms in total. The van der Waals surface area contributed by atoms with E-state index in [9.17, 15) is 0 Å². The van der Waals surface area contributed by atoms with Gasteiger partial charge in [0.1, 0.15) is 17.3 Å². The summed E-state index contributed by atoms with van der Waals surface area (Å²) in [4.78, 5) is 21.8. The summed E-state index contributed by atoms with van der Waals surface area (Å²) in [5.74, 6) is 1.39. The molecule has 3 aromatic heterocycles. The lowest BCUT2D eigenvalue weighted by atomic mass is 10.1. The summed E-state index contributed by atoms with van der Waals surface area (Å²) in [5.41, 5.74) is 10.1. The number of aromatic nitrogens is 6. The maximum absolute atomic E-state index is 6.02. The van der Waals surface area contributed by atoms with Crippen LogP contribution < -0.4 is 11.1 Å². The number of nitrogens with zero attached hydrogens (tertiary/aromatic N) is 6. The van der Waals surface area contributed by atoms with Crippen LogP contribution in [0.25, 0.3) is 28.1 Å². The smallest absolute Gasteiger partial charge is 0.225 e. The summed E-state index contributed by atoms with van der Waals surface area (Å²) in [6, 6.07) is 19.6. The number of rotatable bonds is 5. The van der Waals surface area contributed by atoms with Crippen LogP contribution in [0.2, 0.25) is 5.15 Å². The topological polar surface area (TPSA) is 107 Å². The minimum Gasteiger partial charge on any atom is -0.368 e. The Bertz CT molecular complexity index is 1380. The van der Waals surface area contributed by atoms with Gasteiger partial charge in [-0.25, -0.2) is 19.9 Å². The van der Waals surface area contributed by atoms with E-state index in [1.54, 1.807) is 18.6 Å². The normalized spacial score (nSPS) is 12.1. The van der Waals surface area contributed by atoms with Gasteiger partial charge in [0.15, 0.2) is 0 Å². The van der Waals surface area contributed by atoms with Crippen LogP contribution >= 0.6 is 11.6 Å². The number of hydrogen-bond donors (Lipinski definition) is 2. The molecule has 158 valence electrons. The monoisotopic (exact) mass is 442 g/mol. The summed E-state index contributed by atoms with van der Waals surface area (Å²) >= 11 is 6.02. The van der Waals surface area contributed by atoms with Crippen LogP contribution in [0, 0.1) is 0 Å². The SMILES string of the molecule is C[C@H](Nc1nccc(-n2cnc3cc(-c4cc(Cl)nc(N)n4)ccc32)n1)c1ccccc1. The average molecular weight is 443 g/mol. The van der Waals surface area contributed by atoms with Crippen LogP contribution in [-0.4, -0.2) is 29.5 Å². The molecule has 0 aliphatic heterocycles. The fourth-order valence-corrected chi connectivity index (χ4v) is 3.70. The van der Waals surface area contributed by atoms with Crippen molar-refractivity contribution >= 4 is 34.5 Å². The predicted molar refractivity (Wildman–Crippen MR) is 126 cm³/mol. The first-order chi connectivity index (χ1) is 15.6. The molecule has 0 unspecified atom stereocenters. The molecule has 1 atom stereocenters. The van der Waals surface area contributed by atoms with Gasteiger partial charge in [0.05, 0.1) is 22.8 Å². The van der Waals surface area contributed by atoms with Gasteiger partial charge >= 0.3 is 0 Å². The Balaban J connectivity index is 1.45. The van der Waals surface area contributed by atoms with Crippen molar-refractivity contribution in [1.29, 1.82) is 0 Å². The molecule has 32 heavy (non-hydrogen) atoms. The third-order valence-electron chi connectivity index (χ3n) is 5.09. The molecule has 5 rings (SSSR count). The zero-order valence-electron chi connectivity index (χ0n) is 17.1. The third kappa shape index (κ3) is 3.95. The number of nitrogen functional groups attached to an aromatic ring is 1. The first-order valence-electron chi connectivity index (χ1n) is 9.99. The van der Waals surface area contributed by atoms with E-state index < -0.39 is 0 Å². The highest BCUT2D eigenvalue weighted by Gasteiger charge is 2.12. The molecule has 0 aliphatic carbocycles. The maximum Gasteiger partial charge on any atom is 0.225 e. The molecule has 3 N–H and O–H groups in total. The molecule has 9 heteroatoms. The second kappa shape index (κ2) is 8.24. The highest BCUT2D eigenvalue weighted by atomic mass is 35.5. The molecule has 0 radical (unpaired) electrons. The van der Waals surface area contributed by atoms with Crippen molar-refractivity contribution in [2.45, 2.75) is 13.0 Å². The van der Waals surface area contributed by atoms with Gasteiger partial charge in [0.2, 0.25) is 11.9 Å². The van der Waals surface area contributed by atoms with Gasteiger partial charge in [-0.05, 0) is 30.7 Å². The van der Waals surface area contributed by atoms with E-state index in [2.05, 4.69) is 49.3 Å². The molecule has 0 saturated heterocycles. The minimum atomic E-state index is 0.0701. The summed E-state index contributed by atoms with van der Waals surface area (Å²) in [6.45, 7) is 2.08. The van der Waals surface area contributed by atoms with E-state index in [1.165, 1.54) is 0 Å². The first kappa shape index (κ1) is 19.9. The number of anilines is 2. The van der Waals surface area contributed by atoms with Gasteiger partial charge in [0.25, 0.3) is 0 Å². The van der Waals surface area contributed by atoms with E-state index >= 15 is 0 Å². The lowest BCUT2D eigenvalue weighted by Gasteiger charge is -2.14. The molecule has 0 amide bonds. The van der Waals surface area contributed by atoms with Crippen LogP contribution in [0.4, 0.5) is 11.9 Å². The second-order valence-corrected chi connectivity index (χ2v) is 7.65. The Kier molecular flexibility index (Phi) is 5.12. The average Bonchev–Trinajstić information content (AvgIpc) is 3.22. The number of hydrogen-bond acceptors (Lipinski definition) is 7. The number of imidazole rings is 1. The van der Waals surface area contributed by atoms with Crippen LogP contribution in [0.5, 0.6) is 0 Å². The van der Waals surface area contributed by atoms with Crippen molar-refractivity contribution in [2.24, 2.45) is 0 Å². The molecule has 3 heterocycles. The zero-order chi connectivity index (χ0) is 22.1. The van der Waals surface area contributed by atoms with Crippen LogP contribution in [-0.2, 0) is 0 Å². The first-order valence-corrected chi connectivity index (χ1v) is 10.4. The molecule has 0 bridgehead atoms. The lowest BCUT2D eigenvalue weighted by molar-refractivity contribution is 0.854. The van der Waals surface area contributed by atoms with E-state index in [0.29, 0.717) is 22.6 Å². The number of nitrogens with two attached hydrogens (primary N) is 1. The zero-order valence-corrected chi connectivity index (χ0v) is 17.9. The van der Waals surface area contributed by atoms with E-state index in [-0.39, 0.29) is 12.0 Å². The van der Waals surface area contributed by atoms with E-state index in [4.69, 9.17) is 17.3 Å². The number of benzene rings is 2. The quantitative estimate of drug-likeness (QED) is 0.380. The molecular formula is C23H19ClN8. The third-order valence-corrected chi connectivity index (χ3v) is 5.28. The molecule has 0 fully saturated rings. The highest BCUT2D eigenvalue weighted by molar-refractivity contribution is 6.29. The molecule has 0 aliphatic rings. The van der Waals surface area contributed by atoms with Crippen molar-refractivity contribution < 1.29 is 0 Å². The van der Waals surface area contributed by atoms with Crippen molar-refractivity contribution in [1.82, 2.24) is 29.5 Å².